The van der Waals surface area contributed by atoms with Crippen LogP contribution in [0.2, 0.25) is 12.6 Å². The van der Waals surface area contributed by atoms with E-state index in [1.165, 1.54) is 29.9 Å². The Morgan fingerprint density at radius 3 is 3.08 bits per heavy atom. The Labute approximate surface area is 77.5 Å². The van der Waals surface area contributed by atoms with Gasteiger partial charge in [-0.1, -0.05) is 30.6 Å². The predicted octanol–water partition coefficient (Wildman–Crippen LogP) is 1.67. The number of hydrogen-bond donors (Lipinski definition) is 1. The molecule has 2 nitrogen and oxygen atoms in total. The molecule has 3 rings (SSSR count). The molecule has 1 saturated heterocycles. The highest BCUT2D eigenvalue weighted by Crippen LogP contribution is 2.20. The van der Waals surface area contributed by atoms with Crippen molar-refractivity contribution in [2.45, 2.75) is 19.1 Å². The van der Waals surface area contributed by atoms with Crippen LogP contribution in [0.3, 0.4) is 0 Å². The van der Waals surface area contributed by atoms with E-state index < -0.39 is 0 Å². The minimum Gasteiger partial charge on any atom is -0.346 e. The molecular weight excluding hydrogens is 159 g/mol. The largest absolute Gasteiger partial charge is 0.346 e. The van der Waals surface area contributed by atoms with E-state index in [2.05, 4.69) is 22.1 Å². The number of fused-ring (bicyclic) bond motifs is 1. The number of aromatic nitrogens is 2. The number of nitrogens with one attached hydrogen (secondary N) is 1. The van der Waals surface area contributed by atoms with Gasteiger partial charge in [0.15, 0.2) is 6.71 Å². The van der Waals surface area contributed by atoms with Crippen LogP contribution in [-0.4, -0.2) is 16.7 Å². The molecule has 2 aromatic rings. The van der Waals surface area contributed by atoms with Crippen LogP contribution in [0.15, 0.2) is 24.5 Å². The van der Waals surface area contributed by atoms with Gasteiger partial charge in [-0.25, -0.2) is 4.98 Å². The quantitative estimate of drug-likeness (QED) is 0.648. The summed E-state index contributed by atoms with van der Waals surface area (Å²) in [4.78, 5) is 7.50. The summed E-state index contributed by atoms with van der Waals surface area (Å²) in [6.07, 6.45) is 8.04. The smallest absolute Gasteiger partial charge is 0.177 e. The normalized spacial score (nSPS) is 16.2. The summed E-state index contributed by atoms with van der Waals surface area (Å²) in [6, 6.07) is 4.35. The van der Waals surface area contributed by atoms with E-state index in [0.717, 1.165) is 12.4 Å². The maximum absolute atomic E-state index is 4.39. The summed E-state index contributed by atoms with van der Waals surface area (Å²) in [5.74, 6) is 0. The first-order chi connectivity index (χ1) is 6.43. The van der Waals surface area contributed by atoms with Crippen LogP contribution in [0, 0.1) is 0 Å². The maximum atomic E-state index is 4.39. The number of hydrogen-bond acceptors (Lipinski definition) is 1. The lowest BCUT2D eigenvalue weighted by Gasteiger charge is -2.21. The molecule has 0 radical (unpaired) electrons. The molecule has 0 spiro atoms. The van der Waals surface area contributed by atoms with Crippen molar-refractivity contribution in [2.24, 2.45) is 0 Å². The Balaban J connectivity index is 2.09. The van der Waals surface area contributed by atoms with Gasteiger partial charge in [-0.3, -0.25) is 0 Å². The van der Waals surface area contributed by atoms with Gasteiger partial charge in [0, 0.05) is 17.8 Å². The van der Waals surface area contributed by atoms with Crippen LogP contribution in [0.1, 0.15) is 6.42 Å². The third-order valence-electron chi connectivity index (χ3n) is 3.00. The summed E-state index contributed by atoms with van der Waals surface area (Å²) >= 11 is 0. The Morgan fingerprint density at radius 2 is 2.31 bits per heavy atom. The fourth-order valence-electron chi connectivity index (χ4n) is 1.92. The van der Waals surface area contributed by atoms with E-state index in [9.17, 15) is 0 Å². The molecule has 0 aromatic carbocycles. The van der Waals surface area contributed by atoms with Crippen LogP contribution in [0.4, 0.5) is 0 Å². The van der Waals surface area contributed by atoms with Gasteiger partial charge >= 0.3 is 0 Å². The molecule has 0 unspecified atom stereocenters. The van der Waals surface area contributed by atoms with E-state index in [1.807, 2.05) is 12.4 Å². The zero-order chi connectivity index (χ0) is 8.67. The van der Waals surface area contributed by atoms with Gasteiger partial charge in [-0.2, -0.15) is 0 Å². The average Bonchev–Trinajstić information content (AvgIpc) is 2.47. The Hall–Kier alpha value is -1.25. The van der Waals surface area contributed by atoms with E-state index in [-0.39, 0.29) is 0 Å². The third-order valence-corrected chi connectivity index (χ3v) is 3.00. The molecular formula is C10H11BN2. The second-order valence-electron chi connectivity index (χ2n) is 3.81. The topological polar surface area (TPSA) is 28.7 Å². The van der Waals surface area contributed by atoms with Gasteiger partial charge < -0.3 is 4.98 Å². The molecule has 1 fully saturated rings. The molecule has 0 saturated carbocycles. The predicted molar refractivity (Wildman–Crippen MR) is 55.7 cm³/mol. The minimum absolute atomic E-state index is 0.784. The van der Waals surface area contributed by atoms with E-state index >= 15 is 0 Å². The monoisotopic (exact) mass is 170 g/mol. The van der Waals surface area contributed by atoms with Gasteiger partial charge in [0.1, 0.15) is 5.65 Å². The number of H-pyrrole nitrogens is 1. The maximum Gasteiger partial charge on any atom is 0.177 e. The first-order valence-corrected chi connectivity index (χ1v) is 4.86. The van der Waals surface area contributed by atoms with Crippen molar-refractivity contribution < 1.29 is 0 Å². The Kier molecular flexibility index (Phi) is 1.45. The van der Waals surface area contributed by atoms with Crippen LogP contribution in [0.25, 0.3) is 11.0 Å². The summed E-state index contributed by atoms with van der Waals surface area (Å²) in [5.41, 5.74) is 2.42. The third kappa shape index (κ3) is 1.07. The molecule has 1 N–H and O–H groups in total. The lowest BCUT2D eigenvalue weighted by molar-refractivity contribution is 0.950. The average molecular weight is 170 g/mol. The highest BCUT2D eigenvalue weighted by Gasteiger charge is 2.24. The number of pyridine rings is 1. The van der Waals surface area contributed by atoms with E-state index in [1.54, 1.807) is 0 Å². The first kappa shape index (κ1) is 7.19. The van der Waals surface area contributed by atoms with Crippen molar-refractivity contribution in [1.29, 1.82) is 0 Å². The molecule has 3 heterocycles. The van der Waals surface area contributed by atoms with Gasteiger partial charge in [-0.05, 0) is 6.07 Å². The molecule has 0 atom stereocenters. The van der Waals surface area contributed by atoms with Crippen molar-refractivity contribution >= 4 is 23.2 Å². The Morgan fingerprint density at radius 1 is 1.38 bits per heavy atom. The van der Waals surface area contributed by atoms with E-state index in [0.29, 0.717) is 0 Å². The minimum atomic E-state index is 0.784. The standard InChI is InChI=1S/C10H11BN2/c1-3-11(4-1)9-6-8-2-5-12-10(8)13-7-9/h2,5-7H,1,3-4H2,(H,12,13). The number of aromatic amines is 1. The zero-order valence-electron chi connectivity index (χ0n) is 7.46. The number of nitrogens with zero attached hydrogens (tertiary/aromatic N) is 1. The van der Waals surface area contributed by atoms with Crippen LogP contribution >= 0.6 is 0 Å². The molecule has 3 heteroatoms. The van der Waals surface area contributed by atoms with Crippen molar-refractivity contribution in [2.75, 3.05) is 0 Å². The lowest BCUT2D eigenvalue weighted by Crippen LogP contribution is -2.36. The van der Waals surface area contributed by atoms with Crippen LogP contribution in [0.5, 0.6) is 0 Å². The van der Waals surface area contributed by atoms with Crippen molar-refractivity contribution in [3.63, 3.8) is 0 Å². The van der Waals surface area contributed by atoms with Crippen molar-refractivity contribution in [1.82, 2.24) is 9.97 Å². The second kappa shape index (κ2) is 2.62. The van der Waals surface area contributed by atoms with Gasteiger partial charge in [0.2, 0.25) is 0 Å². The molecule has 13 heavy (non-hydrogen) atoms. The molecule has 64 valence electrons. The fraction of sp³-hybridized carbons (Fsp3) is 0.300. The molecule has 1 aliphatic heterocycles. The molecule has 0 bridgehead atoms. The molecule has 1 aliphatic rings. The van der Waals surface area contributed by atoms with Crippen molar-refractivity contribution in [3.05, 3.63) is 24.5 Å². The SMILES string of the molecule is c1cc2cc(B3CCC3)cnc2[nH]1. The summed E-state index contributed by atoms with van der Waals surface area (Å²) in [7, 11) is 0. The van der Waals surface area contributed by atoms with Gasteiger partial charge in [0.25, 0.3) is 0 Å². The summed E-state index contributed by atoms with van der Waals surface area (Å²) in [6.45, 7) is 0.784. The van der Waals surface area contributed by atoms with Gasteiger partial charge in [-0.15, -0.1) is 0 Å². The summed E-state index contributed by atoms with van der Waals surface area (Å²) < 4.78 is 0. The second-order valence-corrected chi connectivity index (χ2v) is 3.81. The van der Waals surface area contributed by atoms with Crippen LogP contribution in [-0.2, 0) is 0 Å². The summed E-state index contributed by atoms with van der Waals surface area (Å²) in [5, 5.41) is 1.24. The Bertz CT molecular complexity index is 431. The van der Waals surface area contributed by atoms with E-state index in [4.69, 9.17) is 0 Å². The van der Waals surface area contributed by atoms with Gasteiger partial charge in [0.05, 0.1) is 0 Å². The number of rotatable bonds is 1. The molecule has 0 amide bonds. The highest BCUT2D eigenvalue weighted by molar-refractivity contribution is 6.75. The molecule has 0 aliphatic carbocycles. The first-order valence-electron chi connectivity index (χ1n) is 4.86. The zero-order valence-corrected chi connectivity index (χ0v) is 7.46. The van der Waals surface area contributed by atoms with Crippen LogP contribution < -0.4 is 5.46 Å². The fourth-order valence-corrected chi connectivity index (χ4v) is 1.92. The highest BCUT2D eigenvalue weighted by atomic mass is 14.8. The lowest BCUT2D eigenvalue weighted by atomic mass is 9.32. The molecule has 2 aromatic heterocycles. The van der Waals surface area contributed by atoms with Crippen molar-refractivity contribution in [3.8, 4) is 0 Å².